The van der Waals surface area contributed by atoms with E-state index in [-0.39, 0.29) is 0 Å². The molecule has 2 N–H and O–H groups in total. The Hall–Kier alpha value is -1.30. The summed E-state index contributed by atoms with van der Waals surface area (Å²) >= 11 is 2.31. The van der Waals surface area contributed by atoms with Crippen LogP contribution in [0.3, 0.4) is 0 Å². The first-order valence-corrected chi connectivity index (χ1v) is 6.60. The van der Waals surface area contributed by atoms with E-state index in [9.17, 15) is 0 Å². The molecule has 0 aliphatic rings. The number of hydrogen-bond acceptors (Lipinski definition) is 3. The third-order valence-corrected chi connectivity index (χ3v) is 3.18. The Morgan fingerprint density at radius 3 is 2.59 bits per heavy atom. The van der Waals surface area contributed by atoms with Gasteiger partial charge in [0.2, 0.25) is 0 Å². The molecule has 0 saturated heterocycles. The second-order valence-electron chi connectivity index (χ2n) is 3.54. The van der Waals surface area contributed by atoms with Crippen LogP contribution in [0, 0.1) is 3.57 Å². The molecule has 0 fully saturated rings. The van der Waals surface area contributed by atoms with Crippen molar-refractivity contribution >= 4 is 39.9 Å². The largest absolute Gasteiger partial charge is 0.370 e. The van der Waals surface area contributed by atoms with Gasteiger partial charge in [0.25, 0.3) is 0 Å². The molecule has 0 atom stereocenters. The van der Waals surface area contributed by atoms with E-state index in [4.69, 9.17) is 0 Å². The topological polar surface area (TPSA) is 37.0 Å². The quantitative estimate of drug-likeness (QED) is 0.831. The molecule has 0 spiro atoms. The number of rotatable bonds is 4. The molecule has 4 heteroatoms. The highest BCUT2D eigenvalue weighted by Crippen LogP contribution is 2.21. The fourth-order valence-electron chi connectivity index (χ4n) is 1.48. The molecule has 0 amide bonds. The van der Waals surface area contributed by atoms with Crippen LogP contribution in [-0.4, -0.2) is 11.5 Å². The normalized spacial score (nSPS) is 10.0. The van der Waals surface area contributed by atoms with Gasteiger partial charge in [0, 0.05) is 10.1 Å². The lowest BCUT2D eigenvalue weighted by molar-refractivity contribution is 1.16. The highest BCUT2D eigenvalue weighted by molar-refractivity contribution is 14.1. The Morgan fingerprint density at radius 2 is 1.82 bits per heavy atom. The van der Waals surface area contributed by atoms with E-state index in [0.29, 0.717) is 0 Å². The predicted molar refractivity (Wildman–Crippen MR) is 80.8 cm³/mol. The van der Waals surface area contributed by atoms with Crippen molar-refractivity contribution in [3.63, 3.8) is 0 Å². The summed E-state index contributed by atoms with van der Waals surface area (Å²) in [4.78, 5) is 4.47. The number of aromatic nitrogens is 1. The molecular weight excluding hydrogens is 325 g/mol. The van der Waals surface area contributed by atoms with Gasteiger partial charge in [-0.3, -0.25) is 0 Å². The minimum atomic E-state index is 0.854. The van der Waals surface area contributed by atoms with Gasteiger partial charge in [0.15, 0.2) is 0 Å². The van der Waals surface area contributed by atoms with Gasteiger partial charge in [0.1, 0.15) is 11.6 Å². The second-order valence-corrected chi connectivity index (χ2v) is 4.71. The zero-order valence-electron chi connectivity index (χ0n) is 9.57. The number of para-hydroxylation sites is 1. The van der Waals surface area contributed by atoms with E-state index >= 15 is 0 Å². The van der Waals surface area contributed by atoms with Crippen molar-refractivity contribution in [1.29, 1.82) is 0 Å². The third kappa shape index (κ3) is 3.33. The van der Waals surface area contributed by atoms with Crippen molar-refractivity contribution < 1.29 is 0 Å². The summed E-state index contributed by atoms with van der Waals surface area (Å²) in [5.74, 6) is 1.75. The van der Waals surface area contributed by atoms with Crippen LogP contribution in [0.1, 0.15) is 6.92 Å². The van der Waals surface area contributed by atoms with Gasteiger partial charge in [-0.2, -0.15) is 0 Å². The van der Waals surface area contributed by atoms with Crippen molar-refractivity contribution in [2.24, 2.45) is 0 Å². The zero-order valence-corrected chi connectivity index (χ0v) is 11.7. The smallest absolute Gasteiger partial charge is 0.132 e. The minimum Gasteiger partial charge on any atom is -0.370 e. The fraction of sp³-hybridized carbons (Fsp3) is 0.154. The first-order chi connectivity index (χ1) is 8.29. The monoisotopic (exact) mass is 339 g/mol. The van der Waals surface area contributed by atoms with Gasteiger partial charge in [-0.15, -0.1) is 0 Å². The lowest BCUT2D eigenvalue weighted by Crippen LogP contribution is -2.01. The van der Waals surface area contributed by atoms with E-state index < -0.39 is 0 Å². The van der Waals surface area contributed by atoms with E-state index in [2.05, 4.69) is 51.2 Å². The van der Waals surface area contributed by atoms with Crippen LogP contribution in [0.25, 0.3) is 0 Å². The van der Waals surface area contributed by atoms with Gasteiger partial charge in [-0.25, -0.2) is 4.98 Å². The average molecular weight is 339 g/mol. The number of halogens is 1. The van der Waals surface area contributed by atoms with Gasteiger partial charge in [-0.05, 0) is 53.8 Å². The number of nitrogens with one attached hydrogen (secondary N) is 2. The number of benzene rings is 1. The second kappa shape index (κ2) is 5.86. The standard InChI is InChI=1S/C13H14IN3/c1-2-15-12-8-5-9-13(17-12)16-11-7-4-3-6-10(11)14/h3-9H,2H2,1H3,(H2,15,16,17). The predicted octanol–water partition coefficient (Wildman–Crippen LogP) is 3.86. The van der Waals surface area contributed by atoms with Gasteiger partial charge in [-0.1, -0.05) is 18.2 Å². The van der Waals surface area contributed by atoms with Crippen LogP contribution in [0.4, 0.5) is 17.3 Å². The van der Waals surface area contributed by atoms with Crippen molar-refractivity contribution in [1.82, 2.24) is 4.98 Å². The first kappa shape index (κ1) is 12.2. The highest BCUT2D eigenvalue weighted by atomic mass is 127. The summed E-state index contributed by atoms with van der Waals surface area (Å²) in [5.41, 5.74) is 1.08. The molecule has 0 bridgehead atoms. The van der Waals surface area contributed by atoms with Crippen LogP contribution in [0.5, 0.6) is 0 Å². The number of hydrogen-bond donors (Lipinski definition) is 2. The fourth-order valence-corrected chi connectivity index (χ4v) is 2.01. The summed E-state index contributed by atoms with van der Waals surface area (Å²) in [6.07, 6.45) is 0. The molecule has 2 rings (SSSR count). The Labute approximate surface area is 115 Å². The summed E-state index contributed by atoms with van der Waals surface area (Å²) in [7, 11) is 0. The van der Waals surface area contributed by atoms with Crippen LogP contribution < -0.4 is 10.6 Å². The van der Waals surface area contributed by atoms with E-state index in [1.807, 2.05) is 36.4 Å². The Morgan fingerprint density at radius 1 is 1.06 bits per heavy atom. The molecule has 3 nitrogen and oxygen atoms in total. The van der Waals surface area contributed by atoms with Crippen LogP contribution in [-0.2, 0) is 0 Å². The number of pyridine rings is 1. The maximum Gasteiger partial charge on any atom is 0.132 e. The maximum absolute atomic E-state index is 4.47. The van der Waals surface area contributed by atoms with Crippen LogP contribution in [0.2, 0.25) is 0 Å². The Kier molecular flexibility index (Phi) is 4.19. The lowest BCUT2D eigenvalue weighted by atomic mass is 10.3. The van der Waals surface area contributed by atoms with E-state index in [1.165, 1.54) is 3.57 Å². The molecular formula is C13H14IN3. The van der Waals surface area contributed by atoms with Gasteiger partial charge in [0.05, 0.1) is 5.69 Å². The molecule has 2 aromatic rings. The molecule has 0 aliphatic carbocycles. The average Bonchev–Trinajstić information content (AvgIpc) is 2.33. The maximum atomic E-state index is 4.47. The van der Waals surface area contributed by atoms with Crippen LogP contribution >= 0.6 is 22.6 Å². The number of anilines is 3. The van der Waals surface area contributed by atoms with Crippen molar-refractivity contribution in [3.8, 4) is 0 Å². The molecule has 0 unspecified atom stereocenters. The minimum absolute atomic E-state index is 0.854. The summed E-state index contributed by atoms with van der Waals surface area (Å²) in [6, 6.07) is 14.1. The molecule has 88 valence electrons. The Bertz CT molecular complexity index is 500. The van der Waals surface area contributed by atoms with Gasteiger partial charge >= 0.3 is 0 Å². The highest BCUT2D eigenvalue weighted by Gasteiger charge is 2.00. The third-order valence-electron chi connectivity index (χ3n) is 2.24. The zero-order chi connectivity index (χ0) is 12.1. The molecule has 1 aromatic carbocycles. The Balaban J connectivity index is 2.18. The van der Waals surface area contributed by atoms with Crippen molar-refractivity contribution in [3.05, 3.63) is 46.0 Å². The summed E-state index contributed by atoms with van der Waals surface area (Å²) < 4.78 is 1.18. The van der Waals surface area contributed by atoms with E-state index in [1.54, 1.807) is 0 Å². The molecule has 17 heavy (non-hydrogen) atoms. The summed E-state index contributed by atoms with van der Waals surface area (Å²) in [6.45, 7) is 2.93. The molecule has 1 heterocycles. The van der Waals surface area contributed by atoms with Crippen molar-refractivity contribution in [2.45, 2.75) is 6.92 Å². The molecule has 0 aliphatic heterocycles. The van der Waals surface area contributed by atoms with Crippen LogP contribution in [0.15, 0.2) is 42.5 Å². The van der Waals surface area contributed by atoms with Gasteiger partial charge < -0.3 is 10.6 Å². The van der Waals surface area contributed by atoms with E-state index in [0.717, 1.165) is 23.9 Å². The molecule has 1 aromatic heterocycles. The summed E-state index contributed by atoms with van der Waals surface area (Å²) in [5, 5.41) is 6.51. The molecule has 0 radical (unpaired) electrons. The lowest BCUT2D eigenvalue weighted by Gasteiger charge is -2.09. The SMILES string of the molecule is CCNc1cccc(Nc2ccccc2I)n1. The van der Waals surface area contributed by atoms with Crippen molar-refractivity contribution in [2.75, 3.05) is 17.2 Å². The molecule has 0 saturated carbocycles. The number of nitrogens with zero attached hydrogens (tertiary/aromatic N) is 1. The first-order valence-electron chi connectivity index (χ1n) is 5.52.